The van der Waals surface area contributed by atoms with E-state index in [0.717, 1.165) is 17.7 Å². The Labute approximate surface area is 146 Å². The summed E-state index contributed by atoms with van der Waals surface area (Å²) in [5.41, 5.74) is 3.00. The number of amides is 2. The summed E-state index contributed by atoms with van der Waals surface area (Å²) < 4.78 is 13.8. The number of nitrogens with one attached hydrogen (secondary N) is 1. The van der Waals surface area contributed by atoms with Gasteiger partial charge in [-0.2, -0.15) is 0 Å². The maximum atomic E-state index is 13.8. The molecule has 2 aromatic carbocycles. The van der Waals surface area contributed by atoms with Crippen LogP contribution in [0.3, 0.4) is 0 Å². The van der Waals surface area contributed by atoms with Crippen molar-refractivity contribution >= 4 is 23.2 Å². The maximum Gasteiger partial charge on any atom is 0.229 e. The van der Waals surface area contributed by atoms with Crippen LogP contribution in [0.15, 0.2) is 42.5 Å². The van der Waals surface area contributed by atoms with E-state index < -0.39 is 11.7 Å². The number of aryl methyl sites for hydroxylation is 2. The zero-order valence-corrected chi connectivity index (χ0v) is 14.4. The number of anilines is 2. The molecule has 1 atom stereocenters. The predicted molar refractivity (Wildman–Crippen MR) is 96.0 cm³/mol. The van der Waals surface area contributed by atoms with Gasteiger partial charge < -0.3 is 10.2 Å². The number of hydrogen-bond donors (Lipinski definition) is 1. The fourth-order valence-electron chi connectivity index (χ4n) is 3.01. The van der Waals surface area contributed by atoms with Gasteiger partial charge in [0.05, 0.1) is 11.6 Å². The van der Waals surface area contributed by atoms with E-state index in [1.807, 2.05) is 31.2 Å². The van der Waals surface area contributed by atoms with Crippen LogP contribution in [0.25, 0.3) is 0 Å². The average molecular weight is 340 g/mol. The molecule has 1 fully saturated rings. The third kappa shape index (κ3) is 3.71. The Morgan fingerprint density at radius 3 is 2.64 bits per heavy atom. The normalized spacial score (nSPS) is 17.0. The van der Waals surface area contributed by atoms with Gasteiger partial charge in [-0.3, -0.25) is 9.59 Å². The van der Waals surface area contributed by atoms with Gasteiger partial charge in [0.2, 0.25) is 11.8 Å². The molecule has 0 aromatic heterocycles. The summed E-state index contributed by atoms with van der Waals surface area (Å²) >= 11 is 0. The van der Waals surface area contributed by atoms with Crippen molar-refractivity contribution in [2.45, 2.75) is 26.7 Å². The highest BCUT2D eigenvalue weighted by Gasteiger charge is 2.35. The fourth-order valence-corrected chi connectivity index (χ4v) is 3.01. The molecule has 1 aliphatic heterocycles. The standard InChI is InChI=1S/C20H21FN2O2/c1-3-14-5-7-16(8-6-14)23-12-15(11-19(23)24)20(25)22-18-10-13(2)4-9-17(18)21/h4-10,15H,3,11-12H2,1-2H3,(H,22,25)/t15-/m0/s1. The highest BCUT2D eigenvalue weighted by atomic mass is 19.1. The molecule has 4 nitrogen and oxygen atoms in total. The van der Waals surface area contributed by atoms with Gasteiger partial charge in [-0.15, -0.1) is 0 Å². The van der Waals surface area contributed by atoms with Crippen molar-refractivity contribution in [2.75, 3.05) is 16.8 Å². The first-order chi connectivity index (χ1) is 12.0. The lowest BCUT2D eigenvalue weighted by molar-refractivity contribution is -0.122. The Morgan fingerprint density at radius 1 is 1.24 bits per heavy atom. The Balaban J connectivity index is 1.70. The van der Waals surface area contributed by atoms with E-state index in [1.165, 1.54) is 11.6 Å². The molecule has 0 saturated carbocycles. The zero-order chi connectivity index (χ0) is 18.0. The van der Waals surface area contributed by atoms with Crippen molar-refractivity contribution < 1.29 is 14.0 Å². The van der Waals surface area contributed by atoms with Gasteiger partial charge in [0.15, 0.2) is 0 Å². The van der Waals surface area contributed by atoms with Gasteiger partial charge in [-0.25, -0.2) is 4.39 Å². The second-order valence-corrected chi connectivity index (χ2v) is 6.40. The quantitative estimate of drug-likeness (QED) is 0.923. The molecular formula is C20H21FN2O2. The fraction of sp³-hybridized carbons (Fsp3) is 0.300. The summed E-state index contributed by atoms with van der Waals surface area (Å²) in [7, 11) is 0. The van der Waals surface area contributed by atoms with Gasteiger partial charge in [0.1, 0.15) is 5.82 Å². The van der Waals surface area contributed by atoms with Crippen molar-refractivity contribution in [3.8, 4) is 0 Å². The molecular weight excluding hydrogens is 319 g/mol. The molecule has 0 bridgehead atoms. The maximum absolute atomic E-state index is 13.8. The van der Waals surface area contributed by atoms with E-state index >= 15 is 0 Å². The molecule has 0 spiro atoms. The van der Waals surface area contributed by atoms with E-state index in [1.54, 1.807) is 17.0 Å². The predicted octanol–water partition coefficient (Wildman–Crippen LogP) is 3.69. The Morgan fingerprint density at radius 2 is 1.96 bits per heavy atom. The van der Waals surface area contributed by atoms with Crippen LogP contribution in [0, 0.1) is 18.7 Å². The number of halogens is 1. The largest absolute Gasteiger partial charge is 0.323 e. The molecule has 1 heterocycles. The molecule has 25 heavy (non-hydrogen) atoms. The molecule has 3 rings (SSSR count). The van der Waals surface area contributed by atoms with Gasteiger partial charge in [-0.1, -0.05) is 25.1 Å². The summed E-state index contributed by atoms with van der Waals surface area (Å²) in [5, 5.41) is 2.61. The molecule has 0 unspecified atom stereocenters. The van der Waals surface area contributed by atoms with Crippen LogP contribution >= 0.6 is 0 Å². The van der Waals surface area contributed by atoms with Crippen molar-refractivity contribution in [3.05, 3.63) is 59.4 Å². The van der Waals surface area contributed by atoms with Crippen LogP contribution in [0.2, 0.25) is 0 Å². The first-order valence-electron chi connectivity index (χ1n) is 8.44. The zero-order valence-electron chi connectivity index (χ0n) is 14.4. The van der Waals surface area contributed by atoms with Crippen LogP contribution in [-0.4, -0.2) is 18.4 Å². The van der Waals surface area contributed by atoms with E-state index in [9.17, 15) is 14.0 Å². The van der Waals surface area contributed by atoms with Gasteiger partial charge in [0, 0.05) is 18.7 Å². The molecule has 2 aromatic rings. The van der Waals surface area contributed by atoms with Gasteiger partial charge in [-0.05, 0) is 48.7 Å². The third-order valence-corrected chi connectivity index (χ3v) is 4.53. The Bertz CT molecular complexity index is 802. The highest BCUT2D eigenvalue weighted by molar-refractivity contribution is 6.03. The minimum absolute atomic E-state index is 0.0888. The van der Waals surface area contributed by atoms with Crippen LogP contribution < -0.4 is 10.2 Å². The van der Waals surface area contributed by atoms with Crippen LogP contribution in [0.1, 0.15) is 24.5 Å². The van der Waals surface area contributed by atoms with E-state index in [2.05, 4.69) is 12.2 Å². The number of benzene rings is 2. The number of rotatable bonds is 4. The lowest BCUT2D eigenvalue weighted by Gasteiger charge is -2.17. The number of carbonyl (C=O) groups is 2. The molecule has 0 aliphatic carbocycles. The summed E-state index contributed by atoms with van der Waals surface area (Å²) in [4.78, 5) is 26.4. The minimum atomic E-state index is -0.488. The van der Waals surface area contributed by atoms with Crippen LogP contribution in [0.4, 0.5) is 15.8 Å². The van der Waals surface area contributed by atoms with E-state index in [-0.39, 0.29) is 23.9 Å². The van der Waals surface area contributed by atoms with Crippen molar-refractivity contribution in [3.63, 3.8) is 0 Å². The minimum Gasteiger partial charge on any atom is -0.323 e. The van der Waals surface area contributed by atoms with Crippen molar-refractivity contribution in [1.82, 2.24) is 0 Å². The molecule has 5 heteroatoms. The molecule has 1 saturated heterocycles. The summed E-state index contributed by atoms with van der Waals surface area (Å²) in [6.07, 6.45) is 1.07. The first-order valence-corrected chi connectivity index (χ1v) is 8.44. The Kier molecular flexibility index (Phi) is 4.83. The Hall–Kier alpha value is -2.69. The summed E-state index contributed by atoms with van der Waals surface area (Å²) in [5.74, 6) is -1.38. The summed E-state index contributed by atoms with van der Waals surface area (Å²) in [6.45, 7) is 4.21. The SMILES string of the molecule is CCc1ccc(N2C[C@@H](C(=O)Nc3cc(C)ccc3F)CC2=O)cc1. The number of nitrogens with zero attached hydrogens (tertiary/aromatic N) is 1. The highest BCUT2D eigenvalue weighted by Crippen LogP contribution is 2.27. The lowest BCUT2D eigenvalue weighted by Crippen LogP contribution is -2.28. The number of hydrogen-bond acceptors (Lipinski definition) is 2. The topological polar surface area (TPSA) is 49.4 Å². The van der Waals surface area contributed by atoms with Gasteiger partial charge >= 0.3 is 0 Å². The molecule has 130 valence electrons. The van der Waals surface area contributed by atoms with E-state index in [0.29, 0.717) is 6.54 Å². The molecule has 2 amide bonds. The lowest BCUT2D eigenvalue weighted by atomic mass is 10.1. The molecule has 1 N–H and O–H groups in total. The smallest absolute Gasteiger partial charge is 0.229 e. The molecule has 0 radical (unpaired) electrons. The second-order valence-electron chi connectivity index (χ2n) is 6.40. The second kappa shape index (κ2) is 7.05. The summed E-state index contributed by atoms with van der Waals surface area (Å²) in [6, 6.07) is 12.3. The van der Waals surface area contributed by atoms with Crippen molar-refractivity contribution in [1.29, 1.82) is 0 Å². The monoisotopic (exact) mass is 340 g/mol. The average Bonchev–Trinajstić information content (AvgIpc) is 3.00. The molecule has 1 aliphatic rings. The van der Waals surface area contributed by atoms with Gasteiger partial charge in [0.25, 0.3) is 0 Å². The van der Waals surface area contributed by atoms with E-state index in [4.69, 9.17) is 0 Å². The first kappa shape index (κ1) is 17.1. The van der Waals surface area contributed by atoms with Crippen LogP contribution in [0.5, 0.6) is 0 Å². The van der Waals surface area contributed by atoms with Crippen molar-refractivity contribution in [2.24, 2.45) is 5.92 Å². The third-order valence-electron chi connectivity index (χ3n) is 4.53. The number of carbonyl (C=O) groups excluding carboxylic acids is 2. The van der Waals surface area contributed by atoms with Crippen LogP contribution in [-0.2, 0) is 16.0 Å².